The Kier molecular flexibility index (Phi) is 2.86. The molecular weight excluding hydrogens is 222 g/mol. The molecule has 2 atom stereocenters. The Morgan fingerprint density at radius 3 is 2.59 bits per heavy atom. The maximum absolute atomic E-state index is 9.68. The van der Waals surface area contributed by atoms with Crippen molar-refractivity contribution in [3.05, 3.63) is 17.6 Å². The number of anilines is 1. The summed E-state index contributed by atoms with van der Waals surface area (Å²) in [7, 11) is 0. The monoisotopic (exact) mass is 235 g/mol. The first kappa shape index (κ1) is 11.6. The number of fused-ring (bicyclic) bond motifs is 1. The minimum atomic E-state index is -1.08. The molecule has 0 aliphatic heterocycles. The molecule has 0 aliphatic carbocycles. The van der Waals surface area contributed by atoms with E-state index in [2.05, 4.69) is 19.9 Å². The van der Waals surface area contributed by atoms with E-state index in [1.807, 2.05) is 0 Å². The highest BCUT2D eigenvalue weighted by atomic mass is 16.3. The molecule has 0 aliphatic rings. The van der Waals surface area contributed by atoms with E-state index in [1.54, 1.807) is 6.92 Å². The zero-order valence-corrected chi connectivity index (χ0v) is 9.49. The molecule has 2 rings (SSSR count). The number of hydrogen-bond acceptors (Lipinski definition) is 7. The molecule has 7 heteroatoms. The number of nitrogen functional groups attached to an aromatic ring is 1. The summed E-state index contributed by atoms with van der Waals surface area (Å²) in [5.41, 5.74) is 7.20. The van der Waals surface area contributed by atoms with Gasteiger partial charge in [0.1, 0.15) is 11.6 Å². The normalized spacial score (nSPS) is 14.8. The summed E-state index contributed by atoms with van der Waals surface area (Å²) in [4.78, 5) is 16.1. The third kappa shape index (κ3) is 2.15. The SMILES string of the molecule is Cc1nc(N)nc2ncc(C(O)[C@H](C)O)nc12. The highest BCUT2D eigenvalue weighted by molar-refractivity contribution is 5.73. The number of rotatable bonds is 2. The van der Waals surface area contributed by atoms with E-state index >= 15 is 0 Å². The third-order valence-corrected chi connectivity index (χ3v) is 2.38. The molecule has 4 N–H and O–H groups in total. The number of aliphatic hydroxyl groups is 2. The van der Waals surface area contributed by atoms with E-state index in [0.29, 0.717) is 16.9 Å². The first-order valence-corrected chi connectivity index (χ1v) is 5.12. The number of aromatic nitrogens is 4. The maximum Gasteiger partial charge on any atom is 0.222 e. The van der Waals surface area contributed by atoms with Gasteiger partial charge in [0, 0.05) is 0 Å². The summed E-state index contributed by atoms with van der Waals surface area (Å²) < 4.78 is 0. The summed E-state index contributed by atoms with van der Waals surface area (Å²) in [5, 5.41) is 19.0. The molecule has 0 amide bonds. The van der Waals surface area contributed by atoms with Crippen LogP contribution in [0.3, 0.4) is 0 Å². The molecule has 0 fully saturated rings. The second-order valence-electron chi connectivity index (χ2n) is 3.82. The average Bonchev–Trinajstić information content (AvgIpc) is 2.27. The first-order valence-electron chi connectivity index (χ1n) is 5.12. The fourth-order valence-electron chi connectivity index (χ4n) is 1.47. The second-order valence-corrected chi connectivity index (χ2v) is 3.82. The molecule has 0 bridgehead atoms. The van der Waals surface area contributed by atoms with Gasteiger partial charge in [-0.3, -0.25) is 0 Å². The van der Waals surface area contributed by atoms with Crippen LogP contribution in [0, 0.1) is 6.92 Å². The van der Waals surface area contributed by atoms with Crippen molar-refractivity contribution in [2.24, 2.45) is 0 Å². The van der Waals surface area contributed by atoms with Gasteiger partial charge in [0.2, 0.25) is 5.95 Å². The molecule has 0 radical (unpaired) electrons. The second kappa shape index (κ2) is 4.19. The van der Waals surface area contributed by atoms with Gasteiger partial charge in [-0.2, -0.15) is 4.98 Å². The van der Waals surface area contributed by atoms with E-state index in [4.69, 9.17) is 5.73 Å². The van der Waals surface area contributed by atoms with Crippen LogP contribution in [0.15, 0.2) is 6.20 Å². The van der Waals surface area contributed by atoms with Gasteiger partial charge in [-0.15, -0.1) is 0 Å². The standard InChI is InChI=1S/C10H13N5O2/c1-4-7-9(15-10(11)13-4)12-3-6(14-7)8(17)5(2)16/h3,5,8,16-17H,1-2H3,(H2,11,12,13,15)/t5-,8?/m0/s1. The summed E-state index contributed by atoms with van der Waals surface area (Å²) in [5.74, 6) is 0.133. The topological polar surface area (TPSA) is 118 Å². The zero-order valence-electron chi connectivity index (χ0n) is 9.49. The van der Waals surface area contributed by atoms with Gasteiger partial charge in [-0.05, 0) is 13.8 Å². The van der Waals surface area contributed by atoms with Gasteiger partial charge in [0.05, 0.1) is 23.7 Å². The van der Waals surface area contributed by atoms with Crippen molar-refractivity contribution >= 4 is 17.1 Å². The molecule has 0 spiro atoms. The molecule has 0 aromatic carbocycles. The molecule has 2 aromatic heterocycles. The molecule has 17 heavy (non-hydrogen) atoms. The van der Waals surface area contributed by atoms with Crippen LogP contribution in [0.4, 0.5) is 5.95 Å². The van der Waals surface area contributed by atoms with Crippen molar-refractivity contribution < 1.29 is 10.2 Å². The van der Waals surface area contributed by atoms with Gasteiger partial charge in [-0.25, -0.2) is 15.0 Å². The number of aliphatic hydroxyl groups excluding tert-OH is 2. The Morgan fingerprint density at radius 1 is 1.24 bits per heavy atom. The summed E-state index contributed by atoms with van der Waals surface area (Å²) in [6.07, 6.45) is -0.633. The maximum atomic E-state index is 9.68. The zero-order chi connectivity index (χ0) is 12.6. The lowest BCUT2D eigenvalue weighted by Gasteiger charge is -2.13. The Labute approximate surface area is 97.4 Å². The number of aryl methyl sites for hydroxylation is 1. The van der Waals surface area contributed by atoms with Gasteiger partial charge >= 0.3 is 0 Å². The molecule has 2 heterocycles. The molecule has 0 saturated carbocycles. The minimum absolute atomic E-state index is 0.133. The molecule has 7 nitrogen and oxygen atoms in total. The number of nitrogens with two attached hydrogens (primary N) is 1. The van der Waals surface area contributed by atoms with Crippen molar-refractivity contribution in [3.63, 3.8) is 0 Å². The van der Waals surface area contributed by atoms with Gasteiger partial charge < -0.3 is 15.9 Å². The first-order chi connectivity index (χ1) is 7.99. The summed E-state index contributed by atoms with van der Waals surface area (Å²) >= 11 is 0. The Hall–Kier alpha value is -1.86. The van der Waals surface area contributed by atoms with Gasteiger partial charge in [0.15, 0.2) is 5.65 Å². The fraction of sp³-hybridized carbons (Fsp3) is 0.400. The molecule has 2 aromatic rings. The lowest BCUT2D eigenvalue weighted by Crippen LogP contribution is -2.16. The summed E-state index contributed by atoms with van der Waals surface area (Å²) in [6.45, 7) is 3.20. The Bertz CT molecular complexity index is 558. The lowest BCUT2D eigenvalue weighted by molar-refractivity contribution is 0.0278. The van der Waals surface area contributed by atoms with E-state index in [1.165, 1.54) is 13.1 Å². The van der Waals surface area contributed by atoms with Crippen molar-refractivity contribution in [1.82, 2.24) is 19.9 Å². The van der Waals surface area contributed by atoms with Crippen LogP contribution in [0.2, 0.25) is 0 Å². The smallest absolute Gasteiger partial charge is 0.222 e. The van der Waals surface area contributed by atoms with Gasteiger partial charge in [0.25, 0.3) is 0 Å². The number of hydrogen-bond donors (Lipinski definition) is 3. The quantitative estimate of drug-likeness (QED) is 0.655. The van der Waals surface area contributed by atoms with Crippen LogP contribution in [0.25, 0.3) is 11.2 Å². The van der Waals surface area contributed by atoms with Crippen LogP contribution >= 0.6 is 0 Å². The molecule has 1 unspecified atom stereocenters. The van der Waals surface area contributed by atoms with Crippen LogP contribution < -0.4 is 5.73 Å². The highest BCUT2D eigenvalue weighted by Crippen LogP contribution is 2.18. The Morgan fingerprint density at radius 2 is 1.94 bits per heavy atom. The largest absolute Gasteiger partial charge is 0.390 e. The predicted octanol–water partition coefficient (Wildman–Crippen LogP) is -0.275. The van der Waals surface area contributed by atoms with Gasteiger partial charge in [-0.1, -0.05) is 0 Å². The van der Waals surface area contributed by atoms with Crippen LogP contribution in [0.5, 0.6) is 0 Å². The third-order valence-electron chi connectivity index (χ3n) is 2.38. The van der Waals surface area contributed by atoms with Crippen molar-refractivity contribution in [1.29, 1.82) is 0 Å². The average molecular weight is 235 g/mol. The van der Waals surface area contributed by atoms with Crippen molar-refractivity contribution in [3.8, 4) is 0 Å². The van der Waals surface area contributed by atoms with Crippen LogP contribution in [-0.4, -0.2) is 36.3 Å². The van der Waals surface area contributed by atoms with E-state index in [9.17, 15) is 10.2 Å². The van der Waals surface area contributed by atoms with E-state index in [0.717, 1.165) is 0 Å². The predicted molar refractivity (Wildman–Crippen MR) is 60.9 cm³/mol. The van der Waals surface area contributed by atoms with E-state index in [-0.39, 0.29) is 11.6 Å². The number of nitrogens with zero attached hydrogens (tertiary/aromatic N) is 4. The Balaban J connectivity index is 2.58. The van der Waals surface area contributed by atoms with Crippen LogP contribution in [-0.2, 0) is 0 Å². The van der Waals surface area contributed by atoms with Crippen molar-refractivity contribution in [2.45, 2.75) is 26.1 Å². The van der Waals surface area contributed by atoms with Crippen molar-refractivity contribution in [2.75, 3.05) is 5.73 Å². The highest BCUT2D eigenvalue weighted by Gasteiger charge is 2.17. The molecular formula is C10H13N5O2. The molecule has 90 valence electrons. The molecule has 0 saturated heterocycles. The lowest BCUT2D eigenvalue weighted by atomic mass is 10.2. The fourth-order valence-corrected chi connectivity index (χ4v) is 1.47. The minimum Gasteiger partial charge on any atom is -0.390 e. The van der Waals surface area contributed by atoms with Crippen LogP contribution in [0.1, 0.15) is 24.4 Å². The summed E-state index contributed by atoms with van der Waals surface area (Å²) in [6, 6.07) is 0. The van der Waals surface area contributed by atoms with E-state index < -0.39 is 12.2 Å².